The van der Waals surface area contributed by atoms with Gasteiger partial charge in [0.05, 0.1) is 12.2 Å². The minimum atomic E-state index is -0.287. The normalized spacial score (nSPS) is 35.2. The monoisotopic (exact) mass is 158 g/mol. The van der Waals surface area contributed by atoms with Gasteiger partial charge < -0.3 is 10.2 Å². The lowest BCUT2D eigenvalue weighted by Gasteiger charge is -2.30. The lowest BCUT2D eigenvalue weighted by atomic mass is 9.82. The van der Waals surface area contributed by atoms with Gasteiger partial charge in [0.25, 0.3) is 0 Å². The molecule has 0 heterocycles. The van der Waals surface area contributed by atoms with Gasteiger partial charge in [0.2, 0.25) is 0 Å². The molecule has 2 N–H and O–H groups in total. The molecule has 0 aliphatic heterocycles. The fraction of sp³-hybridized carbons (Fsp3) is 1.00. The van der Waals surface area contributed by atoms with Crippen LogP contribution in [0.25, 0.3) is 0 Å². The van der Waals surface area contributed by atoms with Gasteiger partial charge in [-0.05, 0) is 19.3 Å². The second-order valence-corrected chi connectivity index (χ2v) is 3.49. The van der Waals surface area contributed by atoms with Crippen LogP contribution in [-0.2, 0) is 0 Å². The minimum Gasteiger partial charge on any atom is -0.393 e. The number of hydrogen-bond donors (Lipinski definition) is 2. The van der Waals surface area contributed by atoms with E-state index in [0.29, 0.717) is 0 Å². The van der Waals surface area contributed by atoms with Gasteiger partial charge >= 0.3 is 0 Å². The topological polar surface area (TPSA) is 40.5 Å². The summed E-state index contributed by atoms with van der Waals surface area (Å²) in [6.45, 7) is 1.96. The number of hydrogen-bond acceptors (Lipinski definition) is 2. The molecule has 0 aromatic heterocycles. The molecular weight excluding hydrogens is 140 g/mol. The summed E-state index contributed by atoms with van der Waals surface area (Å²) in [4.78, 5) is 0. The molecule has 2 heteroatoms. The summed E-state index contributed by atoms with van der Waals surface area (Å²) in [5.41, 5.74) is 0. The molecule has 0 amide bonds. The Hall–Kier alpha value is -0.0800. The van der Waals surface area contributed by atoms with Crippen LogP contribution in [0.1, 0.15) is 39.0 Å². The van der Waals surface area contributed by atoms with E-state index in [9.17, 15) is 10.2 Å². The van der Waals surface area contributed by atoms with Crippen molar-refractivity contribution < 1.29 is 10.2 Å². The summed E-state index contributed by atoms with van der Waals surface area (Å²) in [5.74, 6) is 0.147. The summed E-state index contributed by atoms with van der Waals surface area (Å²) in [5, 5.41) is 19.0. The Balaban J connectivity index is 2.40. The number of rotatable bonds is 2. The Labute approximate surface area is 68.2 Å². The summed E-state index contributed by atoms with van der Waals surface area (Å²) in [7, 11) is 0. The molecule has 1 rings (SSSR count). The van der Waals surface area contributed by atoms with Crippen molar-refractivity contribution in [3.63, 3.8) is 0 Å². The van der Waals surface area contributed by atoms with Gasteiger partial charge in [-0.25, -0.2) is 0 Å². The summed E-state index contributed by atoms with van der Waals surface area (Å²) >= 11 is 0. The zero-order valence-corrected chi connectivity index (χ0v) is 7.16. The minimum absolute atomic E-state index is 0.147. The predicted molar refractivity (Wildman–Crippen MR) is 44.3 cm³/mol. The molecular formula is C9H18O2. The van der Waals surface area contributed by atoms with Crippen LogP contribution in [0, 0.1) is 5.92 Å². The molecule has 0 aromatic rings. The SMILES string of the molecule is CC[C@H](O)[C@@H]1CCCC[C@@H]1O. The van der Waals surface area contributed by atoms with Crippen molar-refractivity contribution in [3.8, 4) is 0 Å². The van der Waals surface area contributed by atoms with Crippen molar-refractivity contribution in [2.24, 2.45) is 5.92 Å². The Morgan fingerprint density at radius 3 is 2.55 bits per heavy atom. The molecule has 11 heavy (non-hydrogen) atoms. The van der Waals surface area contributed by atoms with E-state index in [4.69, 9.17) is 0 Å². The first kappa shape index (κ1) is 9.01. The summed E-state index contributed by atoms with van der Waals surface area (Å²) < 4.78 is 0. The van der Waals surface area contributed by atoms with E-state index < -0.39 is 0 Å². The maximum absolute atomic E-state index is 9.51. The van der Waals surface area contributed by atoms with E-state index in [0.717, 1.165) is 25.7 Å². The van der Waals surface area contributed by atoms with E-state index in [-0.39, 0.29) is 18.1 Å². The molecule has 2 nitrogen and oxygen atoms in total. The van der Waals surface area contributed by atoms with Crippen LogP contribution in [0.2, 0.25) is 0 Å². The van der Waals surface area contributed by atoms with E-state index in [1.165, 1.54) is 6.42 Å². The van der Waals surface area contributed by atoms with Crippen molar-refractivity contribution in [1.82, 2.24) is 0 Å². The zero-order chi connectivity index (χ0) is 8.27. The van der Waals surface area contributed by atoms with Crippen LogP contribution in [0.15, 0.2) is 0 Å². The Morgan fingerprint density at radius 2 is 2.00 bits per heavy atom. The summed E-state index contributed by atoms with van der Waals surface area (Å²) in [6, 6.07) is 0. The van der Waals surface area contributed by atoms with Crippen LogP contribution in [0.5, 0.6) is 0 Å². The fourth-order valence-electron chi connectivity index (χ4n) is 1.89. The Morgan fingerprint density at radius 1 is 1.36 bits per heavy atom. The molecule has 3 atom stereocenters. The third-order valence-corrected chi connectivity index (χ3v) is 2.69. The van der Waals surface area contributed by atoms with Gasteiger partial charge in [0, 0.05) is 5.92 Å². The third-order valence-electron chi connectivity index (χ3n) is 2.69. The van der Waals surface area contributed by atoms with E-state index in [1.54, 1.807) is 0 Å². The van der Waals surface area contributed by atoms with Crippen LogP contribution in [-0.4, -0.2) is 22.4 Å². The largest absolute Gasteiger partial charge is 0.393 e. The highest BCUT2D eigenvalue weighted by molar-refractivity contribution is 4.79. The molecule has 0 unspecified atom stereocenters. The van der Waals surface area contributed by atoms with E-state index in [1.807, 2.05) is 6.92 Å². The van der Waals surface area contributed by atoms with Gasteiger partial charge in [-0.15, -0.1) is 0 Å². The fourth-order valence-corrected chi connectivity index (χ4v) is 1.89. The maximum Gasteiger partial charge on any atom is 0.0593 e. The molecule has 0 spiro atoms. The van der Waals surface area contributed by atoms with Crippen LogP contribution in [0.3, 0.4) is 0 Å². The molecule has 1 aliphatic rings. The highest BCUT2D eigenvalue weighted by Crippen LogP contribution is 2.27. The highest BCUT2D eigenvalue weighted by Gasteiger charge is 2.27. The molecule has 1 saturated carbocycles. The second kappa shape index (κ2) is 4.07. The predicted octanol–water partition coefficient (Wildman–Crippen LogP) is 1.31. The van der Waals surface area contributed by atoms with Crippen LogP contribution < -0.4 is 0 Å². The van der Waals surface area contributed by atoms with Gasteiger partial charge in [0.15, 0.2) is 0 Å². The molecule has 1 fully saturated rings. The summed E-state index contributed by atoms with van der Waals surface area (Å²) in [6.07, 6.45) is 4.39. The first-order valence-electron chi connectivity index (χ1n) is 4.61. The molecule has 0 aromatic carbocycles. The van der Waals surface area contributed by atoms with E-state index in [2.05, 4.69) is 0 Å². The van der Waals surface area contributed by atoms with Crippen molar-refractivity contribution in [1.29, 1.82) is 0 Å². The van der Waals surface area contributed by atoms with Crippen molar-refractivity contribution in [2.75, 3.05) is 0 Å². The van der Waals surface area contributed by atoms with Crippen molar-refractivity contribution in [3.05, 3.63) is 0 Å². The smallest absolute Gasteiger partial charge is 0.0593 e. The molecule has 0 saturated heterocycles. The van der Waals surface area contributed by atoms with Crippen LogP contribution in [0.4, 0.5) is 0 Å². The average molecular weight is 158 g/mol. The standard InChI is InChI=1S/C9H18O2/c1-2-8(10)7-5-3-4-6-9(7)11/h7-11H,2-6H2,1H3/t7-,8-,9-/m0/s1. The Kier molecular flexibility index (Phi) is 3.34. The van der Waals surface area contributed by atoms with Crippen LogP contribution >= 0.6 is 0 Å². The van der Waals surface area contributed by atoms with Gasteiger partial charge in [-0.1, -0.05) is 19.8 Å². The molecule has 1 aliphatic carbocycles. The van der Waals surface area contributed by atoms with Gasteiger partial charge in [-0.3, -0.25) is 0 Å². The van der Waals surface area contributed by atoms with Gasteiger partial charge in [-0.2, -0.15) is 0 Å². The first-order chi connectivity index (χ1) is 5.25. The lowest BCUT2D eigenvalue weighted by molar-refractivity contribution is -0.0134. The number of aliphatic hydroxyl groups excluding tert-OH is 2. The second-order valence-electron chi connectivity index (χ2n) is 3.49. The van der Waals surface area contributed by atoms with Crippen molar-refractivity contribution in [2.45, 2.75) is 51.2 Å². The first-order valence-corrected chi connectivity index (χ1v) is 4.61. The van der Waals surface area contributed by atoms with Gasteiger partial charge in [0.1, 0.15) is 0 Å². The average Bonchev–Trinajstić information content (AvgIpc) is 2.04. The zero-order valence-electron chi connectivity index (χ0n) is 7.16. The van der Waals surface area contributed by atoms with Crippen molar-refractivity contribution >= 4 is 0 Å². The Bertz CT molecular complexity index is 110. The molecule has 66 valence electrons. The lowest BCUT2D eigenvalue weighted by Crippen LogP contribution is -2.33. The maximum atomic E-state index is 9.51. The quantitative estimate of drug-likeness (QED) is 0.636. The molecule has 0 radical (unpaired) electrons. The third kappa shape index (κ3) is 2.17. The number of aliphatic hydroxyl groups is 2. The highest BCUT2D eigenvalue weighted by atomic mass is 16.3. The molecule has 0 bridgehead atoms. The van der Waals surface area contributed by atoms with E-state index >= 15 is 0 Å².